The molecule has 0 spiro atoms. The van der Waals surface area contributed by atoms with Gasteiger partial charge in [-0.25, -0.2) is 0 Å². The molecule has 0 bridgehead atoms. The Kier molecular flexibility index (Phi) is 4.02. The highest BCUT2D eigenvalue weighted by Crippen LogP contribution is 2.20. The van der Waals surface area contributed by atoms with Crippen molar-refractivity contribution < 1.29 is 4.79 Å². The van der Waals surface area contributed by atoms with Gasteiger partial charge in [-0.3, -0.25) is 4.79 Å². The Morgan fingerprint density at radius 3 is 2.61 bits per heavy atom. The van der Waals surface area contributed by atoms with Gasteiger partial charge in [-0.15, -0.1) is 0 Å². The first-order chi connectivity index (χ1) is 8.59. The summed E-state index contributed by atoms with van der Waals surface area (Å²) in [4.78, 5) is 13.5. The topological polar surface area (TPSA) is 20.3 Å². The Hall–Kier alpha value is -1.35. The van der Waals surface area contributed by atoms with Crippen LogP contribution in [0.2, 0.25) is 0 Å². The lowest BCUT2D eigenvalue weighted by Gasteiger charge is -2.19. The molecule has 0 aliphatic heterocycles. The zero-order valence-electron chi connectivity index (χ0n) is 10.6. The molecule has 2 rings (SSSR count). The summed E-state index contributed by atoms with van der Waals surface area (Å²) in [6.07, 6.45) is 0. The number of amides is 1. The number of carbonyl (C=O) groups is 1. The molecule has 0 aromatic heterocycles. The molecule has 1 unspecified atom stereocenters. The minimum atomic E-state index is -0.141. The lowest BCUT2D eigenvalue weighted by atomic mass is 10.0. The number of hydrogen-bond donors (Lipinski definition) is 0. The summed E-state index contributed by atoms with van der Waals surface area (Å²) in [7, 11) is 1.84. The van der Waals surface area contributed by atoms with Crippen LogP contribution < -0.4 is 0 Å². The van der Waals surface area contributed by atoms with Crippen molar-refractivity contribution in [2.24, 2.45) is 0 Å². The van der Waals surface area contributed by atoms with E-state index in [0.29, 0.717) is 6.54 Å². The number of carbonyl (C=O) groups excluding carboxylic acids is 1. The van der Waals surface area contributed by atoms with Gasteiger partial charge in [-0.1, -0.05) is 58.4 Å². The Morgan fingerprint density at radius 2 is 1.89 bits per heavy atom. The number of alkyl halides is 1. The molecule has 94 valence electrons. The van der Waals surface area contributed by atoms with Crippen molar-refractivity contribution in [2.75, 3.05) is 7.05 Å². The smallest absolute Gasteiger partial charge is 0.236 e. The van der Waals surface area contributed by atoms with Gasteiger partial charge in [0, 0.05) is 13.6 Å². The van der Waals surface area contributed by atoms with E-state index in [4.69, 9.17) is 0 Å². The first-order valence-corrected chi connectivity index (χ1v) is 6.87. The number of hydrogen-bond acceptors (Lipinski definition) is 1. The Balaban J connectivity index is 2.29. The van der Waals surface area contributed by atoms with Crippen LogP contribution in [0, 0.1) is 0 Å². The molecule has 2 aromatic rings. The van der Waals surface area contributed by atoms with Crippen LogP contribution in [0.1, 0.15) is 12.5 Å². The maximum absolute atomic E-state index is 11.9. The number of fused-ring (bicyclic) bond motifs is 1. The van der Waals surface area contributed by atoms with Gasteiger partial charge >= 0.3 is 0 Å². The summed E-state index contributed by atoms with van der Waals surface area (Å²) in [6, 6.07) is 14.4. The van der Waals surface area contributed by atoms with Crippen molar-refractivity contribution in [3.05, 3.63) is 48.0 Å². The maximum atomic E-state index is 11.9. The van der Waals surface area contributed by atoms with E-state index in [9.17, 15) is 4.79 Å². The summed E-state index contributed by atoms with van der Waals surface area (Å²) in [5.74, 6) is 0.0999. The second-order valence-electron chi connectivity index (χ2n) is 4.45. The molecular formula is C15H16BrNO. The normalized spacial score (nSPS) is 12.4. The van der Waals surface area contributed by atoms with Crippen LogP contribution >= 0.6 is 15.9 Å². The highest BCUT2D eigenvalue weighted by Gasteiger charge is 2.15. The molecule has 0 N–H and O–H groups in total. The van der Waals surface area contributed by atoms with Crippen LogP contribution in [-0.2, 0) is 11.3 Å². The molecule has 0 radical (unpaired) electrons. The van der Waals surface area contributed by atoms with Crippen LogP contribution in [0.4, 0.5) is 0 Å². The van der Waals surface area contributed by atoms with E-state index in [-0.39, 0.29) is 10.7 Å². The van der Waals surface area contributed by atoms with Crippen LogP contribution in [0.3, 0.4) is 0 Å². The molecule has 0 fully saturated rings. The average Bonchev–Trinajstić information content (AvgIpc) is 2.38. The van der Waals surface area contributed by atoms with Crippen molar-refractivity contribution in [1.82, 2.24) is 4.90 Å². The first kappa shape index (κ1) is 13.1. The van der Waals surface area contributed by atoms with Crippen molar-refractivity contribution in [1.29, 1.82) is 0 Å². The molecule has 0 saturated heterocycles. The monoisotopic (exact) mass is 305 g/mol. The van der Waals surface area contributed by atoms with Gasteiger partial charge in [0.1, 0.15) is 0 Å². The van der Waals surface area contributed by atoms with Gasteiger partial charge < -0.3 is 4.90 Å². The minimum absolute atomic E-state index is 0.0999. The lowest BCUT2D eigenvalue weighted by molar-refractivity contribution is -0.129. The molecular weight excluding hydrogens is 290 g/mol. The van der Waals surface area contributed by atoms with Crippen molar-refractivity contribution in [3.8, 4) is 0 Å². The summed E-state index contributed by atoms with van der Waals surface area (Å²) in [5, 5.41) is 2.42. The van der Waals surface area contributed by atoms with Crippen molar-refractivity contribution in [3.63, 3.8) is 0 Å². The fraction of sp³-hybridized carbons (Fsp3) is 0.267. The highest BCUT2D eigenvalue weighted by molar-refractivity contribution is 9.10. The number of halogens is 1. The van der Waals surface area contributed by atoms with Crippen LogP contribution in [-0.4, -0.2) is 22.7 Å². The lowest BCUT2D eigenvalue weighted by Crippen LogP contribution is -2.31. The molecule has 1 amide bonds. The Bertz CT molecular complexity index is 560. The van der Waals surface area contributed by atoms with E-state index < -0.39 is 0 Å². The minimum Gasteiger partial charge on any atom is -0.340 e. The van der Waals surface area contributed by atoms with Gasteiger partial charge in [0.05, 0.1) is 4.83 Å². The molecule has 1 atom stereocenters. The van der Waals surface area contributed by atoms with E-state index in [1.165, 1.54) is 16.3 Å². The molecule has 0 aliphatic carbocycles. The van der Waals surface area contributed by atoms with E-state index in [1.54, 1.807) is 4.90 Å². The SMILES string of the molecule is CC(Br)C(=O)N(C)Cc1cccc2ccccc12. The third-order valence-corrected chi connectivity index (χ3v) is 3.40. The third kappa shape index (κ3) is 2.72. The van der Waals surface area contributed by atoms with Crippen molar-refractivity contribution in [2.45, 2.75) is 18.3 Å². The van der Waals surface area contributed by atoms with E-state index in [2.05, 4.69) is 40.2 Å². The quantitative estimate of drug-likeness (QED) is 0.794. The number of benzene rings is 2. The fourth-order valence-electron chi connectivity index (χ4n) is 2.07. The summed E-state index contributed by atoms with van der Waals surface area (Å²) in [6.45, 7) is 2.48. The predicted molar refractivity (Wildman–Crippen MR) is 78.8 cm³/mol. The van der Waals surface area contributed by atoms with E-state index in [0.717, 1.165) is 0 Å². The molecule has 0 saturated carbocycles. The van der Waals surface area contributed by atoms with Gasteiger partial charge in [-0.2, -0.15) is 0 Å². The largest absolute Gasteiger partial charge is 0.340 e. The standard InChI is InChI=1S/C15H16BrNO/c1-11(16)15(18)17(2)10-13-8-5-7-12-6-3-4-9-14(12)13/h3-9,11H,10H2,1-2H3. The van der Waals surface area contributed by atoms with Crippen LogP contribution in [0.25, 0.3) is 10.8 Å². The van der Waals surface area contributed by atoms with Gasteiger partial charge in [0.15, 0.2) is 0 Å². The van der Waals surface area contributed by atoms with Crippen LogP contribution in [0.15, 0.2) is 42.5 Å². The Morgan fingerprint density at radius 1 is 1.22 bits per heavy atom. The van der Waals surface area contributed by atoms with Gasteiger partial charge in [-0.05, 0) is 23.3 Å². The second kappa shape index (κ2) is 5.53. The summed E-state index contributed by atoms with van der Waals surface area (Å²) >= 11 is 3.31. The highest BCUT2D eigenvalue weighted by atomic mass is 79.9. The van der Waals surface area contributed by atoms with E-state index in [1.807, 2.05) is 32.2 Å². The predicted octanol–water partition coefficient (Wildman–Crippen LogP) is 3.58. The number of rotatable bonds is 3. The molecule has 18 heavy (non-hydrogen) atoms. The Labute approximate surface area is 116 Å². The third-order valence-electron chi connectivity index (χ3n) is 3.00. The molecule has 0 heterocycles. The van der Waals surface area contributed by atoms with E-state index >= 15 is 0 Å². The second-order valence-corrected chi connectivity index (χ2v) is 5.82. The zero-order valence-corrected chi connectivity index (χ0v) is 12.1. The summed E-state index contributed by atoms with van der Waals surface area (Å²) in [5.41, 5.74) is 1.18. The van der Waals surface area contributed by atoms with Crippen molar-refractivity contribution >= 4 is 32.6 Å². The first-order valence-electron chi connectivity index (χ1n) is 5.95. The molecule has 2 aromatic carbocycles. The van der Waals surface area contributed by atoms with Gasteiger partial charge in [0.25, 0.3) is 0 Å². The average molecular weight is 306 g/mol. The van der Waals surface area contributed by atoms with Gasteiger partial charge in [0.2, 0.25) is 5.91 Å². The number of nitrogens with zero attached hydrogens (tertiary/aromatic N) is 1. The zero-order chi connectivity index (χ0) is 13.1. The molecule has 2 nitrogen and oxygen atoms in total. The fourth-order valence-corrected chi connectivity index (χ4v) is 2.42. The molecule has 0 aliphatic rings. The maximum Gasteiger partial charge on any atom is 0.236 e. The molecule has 3 heteroatoms. The van der Waals surface area contributed by atoms with Crippen LogP contribution in [0.5, 0.6) is 0 Å². The summed E-state index contributed by atoms with van der Waals surface area (Å²) < 4.78 is 0.